The molecule has 15 heavy (non-hydrogen) atoms. The maximum Gasteiger partial charge on any atom is 0.339 e. The van der Waals surface area contributed by atoms with Gasteiger partial charge >= 0.3 is 11.9 Å². The molecule has 0 bridgehead atoms. The van der Waals surface area contributed by atoms with E-state index in [0.29, 0.717) is 0 Å². The quantitative estimate of drug-likeness (QED) is 0.590. The number of anilines is 1. The number of phenols is 1. The van der Waals surface area contributed by atoms with E-state index in [1.54, 1.807) is 0 Å². The van der Waals surface area contributed by atoms with Crippen molar-refractivity contribution >= 4 is 17.6 Å². The predicted octanol–water partition coefficient (Wildman–Crippen LogP) is 0.830. The van der Waals surface area contributed by atoms with Gasteiger partial charge in [-0.3, -0.25) is 0 Å². The molecule has 0 aliphatic carbocycles. The molecule has 0 saturated carbocycles. The highest BCUT2D eigenvalue weighted by Crippen LogP contribution is 2.26. The van der Waals surface area contributed by atoms with Crippen LogP contribution in [-0.2, 0) is 0 Å². The molecular weight excluding hydrogens is 202 g/mol. The van der Waals surface area contributed by atoms with Crippen molar-refractivity contribution in [3.8, 4) is 5.75 Å². The first-order valence-electron chi connectivity index (χ1n) is 3.98. The maximum atomic E-state index is 10.8. The number of carbonyl (C=O) groups is 2. The lowest BCUT2D eigenvalue weighted by atomic mass is 10.1. The minimum absolute atomic E-state index is 0.157. The third-order valence-electron chi connectivity index (χ3n) is 1.87. The Labute approximate surface area is 84.8 Å². The standard InChI is InChI=1S/C9H9NO5/c1-10-6-3-7(11)5(9(14)15)2-4(6)8(12)13/h2-3,10-11H,1H3,(H,12,13)(H,14,15). The van der Waals surface area contributed by atoms with E-state index >= 15 is 0 Å². The lowest BCUT2D eigenvalue weighted by Gasteiger charge is -2.08. The van der Waals surface area contributed by atoms with E-state index in [2.05, 4.69) is 5.32 Å². The van der Waals surface area contributed by atoms with Crippen LogP contribution in [-0.4, -0.2) is 34.3 Å². The second-order valence-electron chi connectivity index (χ2n) is 2.78. The van der Waals surface area contributed by atoms with Crippen molar-refractivity contribution < 1.29 is 24.9 Å². The van der Waals surface area contributed by atoms with Gasteiger partial charge in [-0.2, -0.15) is 0 Å². The van der Waals surface area contributed by atoms with Gasteiger partial charge in [0.1, 0.15) is 11.3 Å². The molecule has 1 aromatic rings. The average Bonchev–Trinajstić information content (AvgIpc) is 2.16. The van der Waals surface area contributed by atoms with Crippen LogP contribution in [0.3, 0.4) is 0 Å². The summed E-state index contributed by atoms with van der Waals surface area (Å²) in [5, 5.41) is 29.3. The minimum atomic E-state index is -1.38. The van der Waals surface area contributed by atoms with E-state index in [0.717, 1.165) is 12.1 Å². The zero-order valence-electron chi connectivity index (χ0n) is 7.81. The highest BCUT2D eigenvalue weighted by molar-refractivity contribution is 6.00. The summed E-state index contributed by atoms with van der Waals surface area (Å²) in [6, 6.07) is 1.97. The molecule has 0 fully saturated rings. The molecule has 0 unspecified atom stereocenters. The van der Waals surface area contributed by atoms with Gasteiger partial charge in [0.05, 0.1) is 11.3 Å². The second kappa shape index (κ2) is 3.87. The van der Waals surface area contributed by atoms with Crippen LogP contribution in [0.25, 0.3) is 0 Å². The molecule has 0 saturated heterocycles. The summed E-state index contributed by atoms with van der Waals surface area (Å²) < 4.78 is 0. The molecule has 0 radical (unpaired) electrons. The number of rotatable bonds is 3. The van der Waals surface area contributed by atoms with Crippen molar-refractivity contribution in [3.05, 3.63) is 23.3 Å². The predicted molar refractivity (Wildman–Crippen MR) is 51.6 cm³/mol. The molecular formula is C9H9NO5. The molecule has 0 aliphatic heterocycles. The van der Waals surface area contributed by atoms with Crippen LogP contribution in [0.15, 0.2) is 12.1 Å². The molecule has 6 heteroatoms. The molecule has 1 rings (SSSR count). The normalized spacial score (nSPS) is 9.67. The number of carboxylic acids is 2. The molecule has 0 spiro atoms. The summed E-state index contributed by atoms with van der Waals surface area (Å²) in [4.78, 5) is 21.4. The Morgan fingerprint density at radius 3 is 2.07 bits per heavy atom. The van der Waals surface area contributed by atoms with Crippen LogP contribution < -0.4 is 5.32 Å². The van der Waals surface area contributed by atoms with Gasteiger partial charge in [0.15, 0.2) is 0 Å². The van der Waals surface area contributed by atoms with Gasteiger partial charge < -0.3 is 20.6 Å². The molecule has 0 heterocycles. The van der Waals surface area contributed by atoms with Gasteiger partial charge in [-0.25, -0.2) is 9.59 Å². The SMILES string of the molecule is CNc1cc(O)c(C(=O)O)cc1C(=O)O. The van der Waals surface area contributed by atoms with E-state index in [9.17, 15) is 14.7 Å². The van der Waals surface area contributed by atoms with Gasteiger partial charge in [0, 0.05) is 13.1 Å². The Morgan fingerprint density at radius 1 is 1.13 bits per heavy atom. The van der Waals surface area contributed by atoms with Gasteiger partial charge in [0.25, 0.3) is 0 Å². The number of aromatic carboxylic acids is 2. The third kappa shape index (κ3) is 1.98. The molecule has 0 aliphatic rings. The third-order valence-corrected chi connectivity index (χ3v) is 1.87. The monoisotopic (exact) mass is 211 g/mol. The van der Waals surface area contributed by atoms with E-state index in [1.807, 2.05) is 0 Å². The van der Waals surface area contributed by atoms with Crippen molar-refractivity contribution in [3.63, 3.8) is 0 Å². The lowest BCUT2D eigenvalue weighted by molar-refractivity contribution is 0.0693. The van der Waals surface area contributed by atoms with Crippen molar-refractivity contribution in [1.82, 2.24) is 0 Å². The topological polar surface area (TPSA) is 107 Å². The summed E-state index contributed by atoms with van der Waals surface area (Å²) in [5.74, 6) is -3.11. The van der Waals surface area contributed by atoms with Gasteiger partial charge in [-0.05, 0) is 6.07 Å². The first-order chi connectivity index (χ1) is 6.97. The zero-order chi connectivity index (χ0) is 11.6. The van der Waals surface area contributed by atoms with Crippen LogP contribution in [0.5, 0.6) is 5.75 Å². The largest absolute Gasteiger partial charge is 0.507 e. The zero-order valence-corrected chi connectivity index (χ0v) is 7.81. The van der Waals surface area contributed by atoms with Crippen molar-refractivity contribution in [1.29, 1.82) is 0 Å². The summed E-state index contributed by atoms with van der Waals surface area (Å²) >= 11 is 0. The summed E-state index contributed by atoms with van der Waals surface area (Å²) in [5.41, 5.74) is -0.482. The van der Waals surface area contributed by atoms with E-state index in [-0.39, 0.29) is 11.3 Å². The van der Waals surface area contributed by atoms with Crippen LogP contribution in [0.1, 0.15) is 20.7 Å². The van der Waals surface area contributed by atoms with Crippen LogP contribution in [0.4, 0.5) is 5.69 Å². The number of benzene rings is 1. The number of hydrogen-bond acceptors (Lipinski definition) is 4. The second-order valence-corrected chi connectivity index (χ2v) is 2.78. The first kappa shape index (κ1) is 10.8. The Hall–Kier alpha value is -2.24. The fourth-order valence-corrected chi connectivity index (χ4v) is 1.14. The van der Waals surface area contributed by atoms with Gasteiger partial charge in [-0.1, -0.05) is 0 Å². The van der Waals surface area contributed by atoms with E-state index in [1.165, 1.54) is 7.05 Å². The first-order valence-corrected chi connectivity index (χ1v) is 3.98. The van der Waals surface area contributed by atoms with Crippen LogP contribution in [0.2, 0.25) is 0 Å². The lowest BCUT2D eigenvalue weighted by Crippen LogP contribution is -2.06. The fraction of sp³-hybridized carbons (Fsp3) is 0.111. The average molecular weight is 211 g/mol. The van der Waals surface area contributed by atoms with Gasteiger partial charge in [-0.15, -0.1) is 0 Å². The Balaban J connectivity index is 3.43. The van der Waals surface area contributed by atoms with Crippen molar-refractivity contribution in [2.75, 3.05) is 12.4 Å². The van der Waals surface area contributed by atoms with E-state index < -0.39 is 23.3 Å². The molecule has 6 nitrogen and oxygen atoms in total. The number of carboxylic acid groups (broad SMARTS) is 2. The molecule has 0 aromatic heterocycles. The Kier molecular flexibility index (Phi) is 2.80. The van der Waals surface area contributed by atoms with Crippen molar-refractivity contribution in [2.24, 2.45) is 0 Å². The molecule has 0 amide bonds. The molecule has 0 atom stereocenters. The Bertz CT molecular complexity index is 427. The molecule has 4 N–H and O–H groups in total. The van der Waals surface area contributed by atoms with Crippen LogP contribution in [0, 0.1) is 0 Å². The minimum Gasteiger partial charge on any atom is -0.507 e. The highest BCUT2D eigenvalue weighted by atomic mass is 16.4. The number of nitrogens with one attached hydrogen (secondary N) is 1. The highest BCUT2D eigenvalue weighted by Gasteiger charge is 2.17. The molecule has 1 aromatic carbocycles. The summed E-state index contributed by atoms with van der Waals surface area (Å²) in [6.45, 7) is 0. The fourth-order valence-electron chi connectivity index (χ4n) is 1.14. The maximum absolute atomic E-state index is 10.8. The molecule has 80 valence electrons. The van der Waals surface area contributed by atoms with Crippen molar-refractivity contribution in [2.45, 2.75) is 0 Å². The smallest absolute Gasteiger partial charge is 0.339 e. The number of hydrogen-bond donors (Lipinski definition) is 4. The van der Waals surface area contributed by atoms with Crippen LogP contribution >= 0.6 is 0 Å². The van der Waals surface area contributed by atoms with Gasteiger partial charge in [0.2, 0.25) is 0 Å². The number of aromatic hydroxyl groups is 1. The Morgan fingerprint density at radius 2 is 1.67 bits per heavy atom. The summed E-state index contributed by atoms with van der Waals surface area (Å²) in [7, 11) is 1.47. The van der Waals surface area contributed by atoms with E-state index in [4.69, 9.17) is 10.2 Å². The summed E-state index contributed by atoms with van der Waals surface area (Å²) in [6.07, 6.45) is 0.